The molecule has 0 aliphatic rings. The zero-order valence-corrected chi connectivity index (χ0v) is 26.7. The molecule has 0 aromatic heterocycles. The third-order valence-electron chi connectivity index (χ3n) is 6.79. The zero-order chi connectivity index (χ0) is 30.8. The highest BCUT2D eigenvalue weighted by molar-refractivity contribution is 5.86. The van der Waals surface area contributed by atoms with E-state index in [1.165, 1.54) is 128 Å². The molecule has 4 nitrogen and oxygen atoms in total. The number of carbonyl (C=O) groups is 2. The number of hydrogen-bond acceptors (Lipinski definition) is 3. The van der Waals surface area contributed by atoms with Gasteiger partial charge in [-0.1, -0.05) is 185 Å². The van der Waals surface area contributed by atoms with Crippen molar-refractivity contribution < 1.29 is 19.4 Å². The van der Waals surface area contributed by atoms with E-state index in [0.717, 1.165) is 12.5 Å². The Morgan fingerprint density at radius 3 is 1.29 bits per heavy atom. The minimum Gasteiger partial charge on any atom is -0.478 e. The molecule has 0 saturated heterocycles. The SMILES string of the molecule is C=C(C)C(=O)OCCCCCCCCCCCCCCCCCCCCCC.C=CC(=O)O.C=Cc1ccccc1. The van der Waals surface area contributed by atoms with E-state index < -0.39 is 5.97 Å². The zero-order valence-electron chi connectivity index (χ0n) is 26.7. The molecule has 1 rings (SSSR count). The molecule has 234 valence electrons. The Kier molecular flexibility index (Phi) is 33.2. The highest BCUT2D eigenvalue weighted by Crippen LogP contribution is 2.15. The highest BCUT2D eigenvalue weighted by Gasteiger charge is 2.01. The fraction of sp³-hybridized carbons (Fsp3) is 0.622. The van der Waals surface area contributed by atoms with E-state index >= 15 is 0 Å². The van der Waals surface area contributed by atoms with Crippen LogP contribution in [0.3, 0.4) is 0 Å². The summed E-state index contributed by atoms with van der Waals surface area (Å²) in [5.74, 6) is -1.23. The van der Waals surface area contributed by atoms with Gasteiger partial charge in [0, 0.05) is 11.6 Å². The molecule has 41 heavy (non-hydrogen) atoms. The number of aliphatic carboxylic acids is 1. The molecule has 0 spiro atoms. The normalized spacial score (nSPS) is 9.90. The molecule has 1 aromatic rings. The van der Waals surface area contributed by atoms with Crippen molar-refractivity contribution in [2.24, 2.45) is 0 Å². The molecule has 0 fully saturated rings. The first-order valence-electron chi connectivity index (χ1n) is 16.2. The Morgan fingerprint density at radius 2 is 1.02 bits per heavy atom. The minimum absolute atomic E-state index is 0.252. The fourth-order valence-electron chi connectivity index (χ4n) is 4.23. The third-order valence-corrected chi connectivity index (χ3v) is 6.79. The minimum atomic E-state index is -0.981. The molecule has 0 bridgehead atoms. The van der Waals surface area contributed by atoms with Gasteiger partial charge in [-0.25, -0.2) is 9.59 Å². The van der Waals surface area contributed by atoms with Crippen molar-refractivity contribution in [1.82, 2.24) is 0 Å². The third kappa shape index (κ3) is 35.4. The molecule has 0 aliphatic carbocycles. The summed E-state index contributed by atoms with van der Waals surface area (Å²) in [4.78, 5) is 20.5. The van der Waals surface area contributed by atoms with Crippen LogP contribution in [0.15, 0.2) is 61.7 Å². The van der Waals surface area contributed by atoms with Crippen LogP contribution in [0.1, 0.15) is 148 Å². The van der Waals surface area contributed by atoms with Gasteiger partial charge in [0.2, 0.25) is 0 Å². The summed E-state index contributed by atoms with van der Waals surface area (Å²) in [7, 11) is 0. The standard InChI is InChI=1S/C26H50O2.C8H8.C3H4O2/c1-4-5-6-7-8-9-10-11-12-13-14-15-16-17-18-19-20-21-22-23-24-28-26(27)25(2)3;1-2-8-6-4-3-5-7-8;1-2-3(4)5/h2,4-24H2,1,3H3;2-7H,1H2;2H,1H2,(H,4,5). The number of benzene rings is 1. The van der Waals surface area contributed by atoms with Gasteiger partial charge in [-0.15, -0.1) is 0 Å². The van der Waals surface area contributed by atoms with Crippen molar-refractivity contribution >= 4 is 18.0 Å². The lowest BCUT2D eigenvalue weighted by Crippen LogP contribution is -2.05. The van der Waals surface area contributed by atoms with Crippen molar-refractivity contribution in [1.29, 1.82) is 0 Å². The van der Waals surface area contributed by atoms with Crippen LogP contribution in [0.2, 0.25) is 0 Å². The molecule has 0 aliphatic heterocycles. The van der Waals surface area contributed by atoms with Crippen LogP contribution < -0.4 is 0 Å². The second-order valence-corrected chi connectivity index (χ2v) is 10.8. The van der Waals surface area contributed by atoms with Crippen LogP contribution in [0.5, 0.6) is 0 Å². The van der Waals surface area contributed by atoms with Crippen molar-refractivity contribution in [3.05, 3.63) is 67.3 Å². The Morgan fingerprint density at radius 1 is 0.683 bits per heavy atom. The Labute approximate surface area is 253 Å². The number of rotatable bonds is 24. The van der Waals surface area contributed by atoms with Gasteiger partial charge in [-0.3, -0.25) is 0 Å². The van der Waals surface area contributed by atoms with Gasteiger partial charge in [0.1, 0.15) is 0 Å². The van der Waals surface area contributed by atoms with Gasteiger partial charge >= 0.3 is 11.9 Å². The van der Waals surface area contributed by atoms with Crippen LogP contribution in [0.4, 0.5) is 0 Å². The summed E-state index contributed by atoms with van der Waals surface area (Å²) in [5, 5.41) is 7.60. The van der Waals surface area contributed by atoms with Crippen molar-refractivity contribution in [2.75, 3.05) is 6.61 Å². The van der Waals surface area contributed by atoms with Gasteiger partial charge in [0.25, 0.3) is 0 Å². The molecule has 0 unspecified atom stereocenters. The molecule has 1 N–H and O–H groups in total. The van der Waals surface area contributed by atoms with E-state index in [1.54, 1.807) is 6.92 Å². The van der Waals surface area contributed by atoms with Crippen LogP contribution in [0, 0.1) is 0 Å². The van der Waals surface area contributed by atoms with Crippen molar-refractivity contribution in [2.45, 2.75) is 142 Å². The van der Waals surface area contributed by atoms with E-state index in [9.17, 15) is 9.59 Å². The molecule has 0 saturated carbocycles. The monoisotopic (exact) mass is 570 g/mol. The predicted molar refractivity (Wildman–Crippen MR) is 178 cm³/mol. The summed E-state index contributed by atoms with van der Waals surface area (Å²) in [6.07, 6.45) is 30.3. The second-order valence-electron chi connectivity index (χ2n) is 10.8. The first-order chi connectivity index (χ1) is 19.9. The summed E-state index contributed by atoms with van der Waals surface area (Å²) >= 11 is 0. The molecular weight excluding hydrogens is 508 g/mol. The Hall–Kier alpha value is -2.62. The Balaban J connectivity index is 0. The lowest BCUT2D eigenvalue weighted by atomic mass is 10.0. The first kappa shape index (κ1) is 40.5. The maximum absolute atomic E-state index is 11.2. The molecule has 0 atom stereocenters. The first-order valence-corrected chi connectivity index (χ1v) is 16.2. The van der Waals surface area contributed by atoms with Crippen LogP contribution in [0.25, 0.3) is 6.08 Å². The van der Waals surface area contributed by atoms with Gasteiger partial charge in [-0.05, 0) is 18.9 Å². The summed E-state index contributed by atoms with van der Waals surface area (Å²) < 4.78 is 5.10. The lowest BCUT2D eigenvalue weighted by Gasteiger charge is -2.05. The molecular formula is C37H62O4. The largest absolute Gasteiger partial charge is 0.478 e. The summed E-state index contributed by atoms with van der Waals surface area (Å²) in [5.41, 5.74) is 1.67. The summed E-state index contributed by atoms with van der Waals surface area (Å²) in [6.45, 7) is 14.7. The molecule has 1 aromatic carbocycles. The van der Waals surface area contributed by atoms with Crippen LogP contribution in [-0.4, -0.2) is 23.7 Å². The topological polar surface area (TPSA) is 63.6 Å². The van der Waals surface area contributed by atoms with Crippen molar-refractivity contribution in [3.63, 3.8) is 0 Å². The van der Waals surface area contributed by atoms with E-state index in [0.29, 0.717) is 12.2 Å². The van der Waals surface area contributed by atoms with Crippen LogP contribution in [-0.2, 0) is 14.3 Å². The van der Waals surface area contributed by atoms with E-state index in [2.05, 4.69) is 26.7 Å². The summed E-state index contributed by atoms with van der Waals surface area (Å²) in [6, 6.07) is 10.0. The maximum atomic E-state index is 11.2. The number of unbranched alkanes of at least 4 members (excludes halogenated alkanes) is 19. The average Bonchev–Trinajstić information content (AvgIpc) is 2.98. The molecule has 4 heteroatoms. The number of ether oxygens (including phenoxy) is 1. The van der Waals surface area contributed by atoms with Crippen LogP contribution >= 0.6 is 0 Å². The smallest absolute Gasteiger partial charge is 0.333 e. The Bertz CT molecular complexity index is 753. The van der Waals surface area contributed by atoms with E-state index in [4.69, 9.17) is 9.84 Å². The fourth-order valence-corrected chi connectivity index (χ4v) is 4.23. The lowest BCUT2D eigenvalue weighted by molar-refractivity contribution is -0.139. The number of carboxylic acid groups (broad SMARTS) is 1. The van der Waals surface area contributed by atoms with Gasteiger partial charge in [0.05, 0.1) is 6.61 Å². The molecule has 0 amide bonds. The number of carboxylic acids is 1. The van der Waals surface area contributed by atoms with E-state index in [-0.39, 0.29) is 5.97 Å². The predicted octanol–water partition coefficient (Wildman–Crippen LogP) is 11.5. The molecule has 0 radical (unpaired) electrons. The quantitative estimate of drug-likeness (QED) is 0.0762. The number of esters is 1. The molecule has 0 heterocycles. The number of carbonyl (C=O) groups excluding carboxylic acids is 1. The second kappa shape index (κ2) is 33.6. The van der Waals surface area contributed by atoms with Gasteiger partial charge in [0.15, 0.2) is 0 Å². The highest BCUT2D eigenvalue weighted by atomic mass is 16.5. The van der Waals surface area contributed by atoms with Gasteiger partial charge < -0.3 is 9.84 Å². The maximum Gasteiger partial charge on any atom is 0.333 e. The van der Waals surface area contributed by atoms with Gasteiger partial charge in [-0.2, -0.15) is 0 Å². The average molecular weight is 571 g/mol. The van der Waals surface area contributed by atoms with Crippen molar-refractivity contribution in [3.8, 4) is 0 Å². The number of hydrogen-bond donors (Lipinski definition) is 1. The van der Waals surface area contributed by atoms with E-state index in [1.807, 2.05) is 36.4 Å².